The van der Waals surface area contributed by atoms with E-state index in [0.29, 0.717) is 18.3 Å². The standard InChI is InChI=1S/C12H14O2/c1-8-2-4-9(5-3-8)11-6-10(11)7-12(13)14/h2-5,10-11H,6-7H2,1H3,(H,13,14). The Morgan fingerprint density at radius 2 is 2.07 bits per heavy atom. The summed E-state index contributed by atoms with van der Waals surface area (Å²) in [7, 11) is 0. The number of hydrogen-bond donors (Lipinski definition) is 1. The van der Waals surface area contributed by atoms with Crippen LogP contribution in [-0.2, 0) is 4.79 Å². The van der Waals surface area contributed by atoms with Crippen LogP contribution in [0.25, 0.3) is 0 Å². The molecular formula is C12H14O2. The van der Waals surface area contributed by atoms with Gasteiger partial charge in [0.25, 0.3) is 0 Å². The Hall–Kier alpha value is -1.31. The molecule has 0 saturated heterocycles. The molecule has 2 unspecified atom stereocenters. The molecule has 0 aromatic heterocycles. The fourth-order valence-electron chi connectivity index (χ4n) is 1.92. The third kappa shape index (κ3) is 1.95. The van der Waals surface area contributed by atoms with E-state index in [1.807, 2.05) is 0 Å². The van der Waals surface area contributed by atoms with Crippen molar-refractivity contribution in [3.05, 3.63) is 35.4 Å². The molecule has 0 aliphatic heterocycles. The van der Waals surface area contributed by atoms with E-state index in [-0.39, 0.29) is 0 Å². The van der Waals surface area contributed by atoms with E-state index >= 15 is 0 Å². The number of carboxylic acids is 1. The third-order valence-electron chi connectivity index (χ3n) is 2.86. The second-order valence-electron chi connectivity index (χ2n) is 4.11. The number of aliphatic carboxylic acids is 1. The number of carboxylic acid groups (broad SMARTS) is 1. The van der Waals surface area contributed by atoms with Crippen molar-refractivity contribution in [3.8, 4) is 0 Å². The molecule has 0 heterocycles. The van der Waals surface area contributed by atoms with Crippen molar-refractivity contribution in [2.75, 3.05) is 0 Å². The first-order chi connectivity index (χ1) is 6.66. The predicted octanol–water partition coefficient (Wildman–Crippen LogP) is 2.57. The normalized spacial score (nSPS) is 24.6. The van der Waals surface area contributed by atoms with Gasteiger partial charge in [0, 0.05) is 6.42 Å². The summed E-state index contributed by atoms with van der Waals surface area (Å²) in [6, 6.07) is 8.40. The highest BCUT2D eigenvalue weighted by atomic mass is 16.4. The average Bonchev–Trinajstić information content (AvgIpc) is 2.84. The summed E-state index contributed by atoms with van der Waals surface area (Å²) in [6.07, 6.45) is 1.36. The molecule has 1 aromatic carbocycles. The van der Waals surface area contributed by atoms with Crippen LogP contribution in [0.15, 0.2) is 24.3 Å². The van der Waals surface area contributed by atoms with Gasteiger partial charge in [-0.25, -0.2) is 0 Å². The minimum Gasteiger partial charge on any atom is -0.481 e. The van der Waals surface area contributed by atoms with Gasteiger partial charge in [0.15, 0.2) is 0 Å². The van der Waals surface area contributed by atoms with Gasteiger partial charge in [-0.2, -0.15) is 0 Å². The van der Waals surface area contributed by atoms with Gasteiger partial charge < -0.3 is 5.11 Å². The highest BCUT2D eigenvalue weighted by Crippen LogP contribution is 2.49. The Morgan fingerprint density at radius 1 is 1.43 bits per heavy atom. The molecule has 1 N–H and O–H groups in total. The maximum Gasteiger partial charge on any atom is 0.303 e. The average molecular weight is 190 g/mol. The maximum absolute atomic E-state index is 10.5. The summed E-state index contributed by atoms with van der Waals surface area (Å²) < 4.78 is 0. The molecule has 1 aromatic rings. The number of benzene rings is 1. The number of carbonyl (C=O) groups is 1. The second-order valence-corrected chi connectivity index (χ2v) is 4.11. The Kier molecular flexibility index (Phi) is 2.28. The molecule has 74 valence electrons. The molecule has 0 radical (unpaired) electrons. The first-order valence-electron chi connectivity index (χ1n) is 4.95. The molecule has 1 aliphatic carbocycles. The monoisotopic (exact) mass is 190 g/mol. The fourth-order valence-corrected chi connectivity index (χ4v) is 1.92. The first kappa shape index (κ1) is 9.25. The topological polar surface area (TPSA) is 37.3 Å². The maximum atomic E-state index is 10.5. The van der Waals surface area contributed by atoms with Crippen LogP contribution < -0.4 is 0 Å². The van der Waals surface area contributed by atoms with Gasteiger partial charge in [0.1, 0.15) is 0 Å². The molecule has 1 fully saturated rings. The van der Waals surface area contributed by atoms with Crippen LogP contribution in [0.5, 0.6) is 0 Å². The van der Waals surface area contributed by atoms with Crippen molar-refractivity contribution in [3.63, 3.8) is 0 Å². The SMILES string of the molecule is Cc1ccc(C2CC2CC(=O)O)cc1. The summed E-state index contributed by atoms with van der Waals surface area (Å²) >= 11 is 0. The molecule has 2 nitrogen and oxygen atoms in total. The zero-order valence-corrected chi connectivity index (χ0v) is 8.23. The van der Waals surface area contributed by atoms with Crippen molar-refractivity contribution in [2.45, 2.75) is 25.7 Å². The molecule has 14 heavy (non-hydrogen) atoms. The molecule has 0 amide bonds. The van der Waals surface area contributed by atoms with E-state index in [2.05, 4.69) is 31.2 Å². The summed E-state index contributed by atoms with van der Waals surface area (Å²) in [6.45, 7) is 2.06. The lowest BCUT2D eigenvalue weighted by atomic mass is 10.1. The van der Waals surface area contributed by atoms with E-state index in [1.54, 1.807) is 0 Å². The van der Waals surface area contributed by atoms with E-state index in [0.717, 1.165) is 6.42 Å². The van der Waals surface area contributed by atoms with Crippen LogP contribution in [0.1, 0.15) is 29.9 Å². The molecular weight excluding hydrogens is 176 g/mol. The molecule has 1 aliphatic rings. The third-order valence-corrected chi connectivity index (χ3v) is 2.86. The molecule has 0 bridgehead atoms. The van der Waals surface area contributed by atoms with E-state index in [4.69, 9.17) is 5.11 Å². The van der Waals surface area contributed by atoms with Crippen LogP contribution >= 0.6 is 0 Å². The highest BCUT2D eigenvalue weighted by molar-refractivity contribution is 5.67. The van der Waals surface area contributed by atoms with E-state index in [9.17, 15) is 4.79 Å². The van der Waals surface area contributed by atoms with Gasteiger partial charge in [-0.05, 0) is 30.7 Å². The lowest BCUT2D eigenvalue weighted by Crippen LogP contribution is -1.96. The highest BCUT2D eigenvalue weighted by Gasteiger charge is 2.39. The van der Waals surface area contributed by atoms with Gasteiger partial charge in [-0.1, -0.05) is 29.8 Å². The van der Waals surface area contributed by atoms with Gasteiger partial charge in [0.2, 0.25) is 0 Å². The Bertz CT molecular complexity index is 340. The lowest BCUT2D eigenvalue weighted by molar-refractivity contribution is -0.137. The minimum atomic E-state index is -0.676. The largest absolute Gasteiger partial charge is 0.481 e. The van der Waals surface area contributed by atoms with Crippen molar-refractivity contribution in [1.29, 1.82) is 0 Å². The fraction of sp³-hybridized carbons (Fsp3) is 0.417. The summed E-state index contributed by atoms with van der Waals surface area (Å²) in [4.78, 5) is 10.5. The van der Waals surface area contributed by atoms with Gasteiger partial charge in [0.05, 0.1) is 0 Å². The lowest BCUT2D eigenvalue weighted by Gasteiger charge is -1.99. The summed E-state index contributed by atoms with van der Waals surface area (Å²) in [5.41, 5.74) is 2.55. The van der Waals surface area contributed by atoms with Gasteiger partial charge in [-0.3, -0.25) is 4.79 Å². The predicted molar refractivity (Wildman–Crippen MR) is 54.3 cm³/mol. The molecule has 2 rings (SSSR count). The van der Waals surface area contributed by atoms with Crippen molar-refractivity contribution in [2.24, 2.45) is 5.92 Å². The minimum absolute atomic E-state index is 0.318. The van der Waals surface area contributed by atoms with Gasteiger partial charge in [-0.15, -0.1) is 0 Å². The van der Waals surface area contributed by atoms with Crippen molar-refractivity contribution < 1.29 is 9.90 Å². The summed E-state index contributed by atoms with van der Waals surface area (Å²) in [5.74, 6) is 0.187. The Balaban J connectivity index is 1.99. The van der Waals surface area contributed by atoms with Crippen LogP contribution in [-0.4, -0.2) is 11.1 Å². The number of aryl methyl sites for hydroxylation is 1. The van der Waals surface area contributed by atoms with Crippen LogP contribution in [0.4, 0.5) is 0 Å². The Labute approximate surface area is 83.6 Å². The second kappa shape index (κ2) is 3.45. The zero-order valence-electron chi connectivity index (χ0n) is 8.23. The van der Waals surface area contributed by atoms with Gasteiger partial charge >= 0.3 is 5.97 Å². The zero-order chi connectivity index (χ0) is 10.1. The number of rotatable bonds is 3. The summed E-state index contributed by atoms with van der Waals surface area (Å²) in [5, 5.41) is 8.63. The molecule has 2 atom stereocenters. The molecule has 0 spiro atoms. The van der Waals surface area contributed by atoms with E-state index in [1.165, 1.54) is 11.1 Å². The first-order valence-corrected chi connectivity index (χ1v) is 4.95. The van der Waals surface area contributed by atoms with Crippen LogP contribution in [0, 0.1) is 12.8 Å². The van der Waals surface area contributed by atoms with Crippen LogP contribution in [0.3, 0.4) is 0 Å². The van der Waals surface area contributed by atoms with E-state index < -0.39 is 5.97 Å². The Morgan fingerprint density at radius 3 is 2.64 bits per heavy atom. The smallest absolute Gasteiger partial charge is 0.303 e. The molecule has 2 heteroatoms. The number of hydrogen-bond acceptors (Lipinski definition) is 1. The van der Waals surface area contributed by atoms with Crippen molar-refractivity contribution >= 4 is 5.97 Å². The quantitative estimate of drug-likeness (QED) is 0.795. The molecule has 1 saturated carbocycles. The van der Waals surface area contributed by atoms with Crippen molar-refractivity contribution in [1.82, 2.24) is 0 Å². The van der Waals surface area contributed by atoms with Crippen LogP contribution in [0.2, 0.25) is 0 Å².